The SMILES string of the molecule is CCCCCCCCCCCC(=O)C1C=CC=C(S(=O)(=O)O)C1=O. The van der Waals surface area contributed by atoms with Crippen molar-refractivity contribution in [2.24, 2.45) is 5.92 Å². The summed E-state index contributed by atoms with van der Waals surface area (Å²) in [6.07, 6.45) is 14.2. The number of hydrogen-bond donors (Lipinski definition) is 1. The summed E-state index contributed by atoms with van der Waals surface area (Å²) in [5.74, 6) is -2.20. The minimum absolute atomic E-state index is 0.259. The van der Waals surface area contributed by atoms with Crippen molar-refractivity contribution in [3.63, 3.8) is 0 Å². The minimum atomic E-state index is -4.58. The fourth-order valence-electron chi connectivity index (χ4n) is 2.81. The Balaban J connectivity index is 2.26. The molecule has 0 radical (unpaired) electrons. The summed E-state index contributed by atoms with van der Waals surface area (Å²) in [5.41, 5.74) is 0. The van der Waals surface area contributed by atoms with Gasteiger partial charge in [0.15, 0.2) is 5.78 Å². The third-order valence-corrected chi connectivity index (χ3v) is 5.12. The van der Waals surface area contributed by atoms with Gasteiger partial charge in [0, 0.05) is 6.42 Å². The summed E-state index contributed by atoms with van der Waals surface area (Å²) in [5, 5.41) is 0. The quantitative estimate of drug-likeness (QED) is 0.324. The summed E-state index contributed by atoms with van der Waals surface area (Å²) in [7, 11) is -4.58. The van der Waals surface area contributed by atoms with Crippen molar-refractivity contribution in [1.29, 1.82) is 0 Å². The molecular weight excluding hydrogens is 328 g/mol. The van der Waals surface area contributed by atoms with Crippen LogP contribution in [0.2, 0.25) is 0 Å². The Morgan fingerprint density at radius 1 is 1.04 bits per heavy atom. The number of allylic oxidation sites excluding steroid dienone is 4. The molecule has 1 unspecified atom stereocenters. The van der Waals surface area contributed by atoms with E-state index in [0.717, 1.165) is 25.3 Å². The van der Waals surface area contributed by atoms with E-state index in [1.165, 1.54) is 44.3 Å². The average Bonchev–Trinajstić information content (AvgIpc) is 2.52. The van der Waals surface area contributed by atoms with Gasteiger partial charge in [-0.25, -0.2) is 0 Å². The van der Waals surface area contributed by atoms with E-state index in [1.54, 1.807) is 0 Å². The molecule has 6 heteroatoms. The first-order chi connectivity index (χ1) is 11.4. The Morgan fingerprint density at radius 2 is 1.58 bits per heavy atom. The van der Waals surface area contributed by atoms with Crippen molar-refractivity contribution in [2.45, 2.75) is 71.1 Å². The van der Waals surface area contributed by atoms with Crippen LogP contribution in [0.5, 0.6) is 0 Å². The first kappa shape index (κ1) is 20.8. The first-order valence-corrected chi connectivity index (χ1v) is 10.2. The predicted octanol–water partition coefficient (Wildman–Crippen LogP) is 4.00. The lowest BCUT2D eigenvalue weighted by atomic mass is 9.91. The van der Waals surface area contributed by atoms with Gasteiger partial charge in [-0.15, -0.1) is 0 Å². The Bertz CT molecular complexity index is 587. The lowest BCUT2D eigenvalue weighted by Gasteiger charge is -2.14. The zero-order valence-electron chi connectivity index (χ0n) is 14.4. The molecule has 0 spiro atoms. The van der Waals surface area contributed by atoms with Crippen LogP contribution in [0.3, 0.4) is 0 Å². The van der Waals surface area contributed by atoms with E-state index < -0.39 is 26.7 Å². The second-order valence-electron chi connectivity index (χ2n) is 6.28. The maximum atomic E-state index is 12.1. The number of carbonyl (C=O) groups is 2. The van der Waals surface area contributed by atoms with E-state index in [9.17, 15) is 18.0 Å². The smallest absolute Gasteiger partial charge is 0.298 e. The van der Waals surface area contributed by atoms with Crippen molar-refractivity contribution >= 4 is 21.7 Å². The van der Waals surface area contributed by atoms with E-state index in [4.69, 9.17) is 4.55 Å². The highest BCUT2D eigenvalue weighted by atomic mass is 32.2. The van der Waals surface area contributed by atoms with Crippen LogP contribution in [0.25, 0.3) is 0 Å². The summed E-state index contributed by atoms with van der Waals surface area (Å²) in [4.78, 5) is 23.4. The van der Waals surface area contributed by atoms with E-state index in [2.05, 4.69) is 6.92 Å². The van der Waals surface area contributed by atoms with Crippen molar-refractivity contribution in [3.05, 3.63) is 23.1 Å². The number of Topliss-reactive ketones (excluding diaryl/α,β-unsaturated/α-hetero) is 2. The molecular formula is C18H28O5S. The molecule has 0 saturated heterocycles. The van der Waals surface area contributed by atoms with Crippen molar-refractivity contribution in [3.8, 4) is 0 Å². The number of rotatable bonds is 12. The third kappa shape index (κ3) is 7.09. The van der Waals surface area contributed by atoms with Crippen molar-refractivity contribution in [1.82, 2.24) is 0 Å². The van der Waals surface area contributed by atoms with Crippen LogP contribution >= 0.6 is 0 Å². The normalized spacial score (nSPS) is 17.8. The zero-order chi connectivity index (χ0) is 18.0. The molecule has 136 valence electrons. The summed E-state index contributed by atoms with van der Waals surface area (Å²) < 4.78 is 31.2. The van der Waals surface area contributed by atoms with Gasteiger partial charge in [-0.3, -0.25) is 14.1 Å². The van der Waals surface area contributed by atoms with Crippen LogP contribution in [-0.2, 0) is 19.7 Å². The molecule has 0 aliphatic heterocycles. The van der Waals surface area contributed by atoms with Crippen LogP contribution < -0.4 is 0 Å². The van der Waals surface area contributed by atoms with Gasteiger partial charge in [0.25, 0.3) is 10.1 Å². The number of carbonyl (C=O) groups excluding carboxylic acids is 2. The Morgan fingerprint density at radius 3 is 2.12 bits per heavy atom. The average molecular weight is 356 g/mol. The number of hydrogen-bond acceptors (Lipinski definition) is 4. The molecule has 0 aromatic rings. The highest BCUT2D eigenvalue weighted by molar-refractivity contribution is 7.90. The van der Waals surface area contributed by atoms with Crippen LogP contribution in [-0.4, -0.2) is 24.5 Å². The molecule has 1 atom stereocenters. The second kappa shape index (κ2) is 10.6. The van der Waals surface area contributed by atoms with Gasteiger partial charge in [0.1, 0.15) is 16.6 Å². The molecule has 0 bridgehead atoms. The monoisotopic (exact) mass is 356 g/mol. The molecule has 1 N–H and O–H groups in total. The molecule has 0 aromatic heterocycles. The Labute approximate surface area is 145 Å². The van der Waals surface area contributed by atoms with E-state index in [0.29, 0.717) is 6.42 Å². The highest BCUT2D eigenvalue weighted by Crippen LogP contribution is 2.21. The fourth-order valence-corrected chi connectivity index (χ4v) is 3.44. The molecule has 0 amide bonds. The van der Waals surface area contributed by atoms with Crippen LogP contribution in [0, 0.1) is 5.92 Å². The van der Waals surface area contributed by atoms with Gasteiger partial charge in [0.05, 0.1) is 0 Å². The summed E-state index contributed by atoms with van der Waals surface area (Å²) in [6, 6.07) is 0. The van der Waals surface area contributed by atoms with Crippen molar-refractivity contribution < 1.29 is 22.6 Å². The minimum Gasteiger partial charge on any atom is -0.299 e. The standard InChI is InChI=1S/C18H28O5S/c1-2-3-4-5-6-7-8-9-10-13-16(19)15-12-11-14-17(18(15)20)24(21,22)23/h11-12,14-15H,2-10,13H2,1H3,(H,21,22,23). The van der Waals surface area contributed by atoms with Crippen LogP contribution in [0.4, 0.5) is 0 Å². The molecule has 1 rings (SSSR count). The maximum Gasteiger partial charge on any atom is 0.298 e. The van der Waals surface area contributed by atoms with Gasteiger partial charge in [-0.05, 0) is 12.5 Å². The molecule has 1 aliphatic carbocycles. The van der Waals surface area contributed by atoms with Gasteiger partial charge in [0.2, 0.25) is 0 Å². The first-order valence-electron chi connectivity index (χ1n) is 8.80. The fraction of sp³-hybridized carbons (Fsp3) is 0.667. The van der Waals surface area contributed by atoms with Gasteiger partial charge in [-0.2, -0.15) is 8.42 Å². The molecule has 0 aromatic carbocycles. The number of unbranched alkanes of at least 4 members (excludes halogenated alkanes) is 8. The third-order valence-electron chi connectivity index (χ3n) is 4.23. The van der Waals surface area contributed by atoms with Crippen LogP contribution in [0.1, 0.15) is 71.1 Å². The Hall–Kier alpha value is -1.27. The maximum absolute atomic E-state index is 12.1. The van der Waals surface area contributed by atoms with E-state index >= 15 is 0 Å². The lowest BCUT2D eigenvalue weighted by Crippen LogP contribution is -2.28. The van der Waals surface area contributed by atoms with E-state index in [1.807, 2.05) is 0 Å². The molecule has 0 fully saturated rings. The molecule has 0 heterocycles. The van der Waals surface area contributed by atoms with Crippen molar-refractivity contribution in [2.75, 3.05) is 0 Å². The van der Waals surface area contributed by atoms with Crippen LogP contribution in [0.15, 0.2) is 23.1 Å². The molecule has 0 saturated carbocycles. The largest absolute Gasteiger partial charge is 0.299 e. The summed E-state index contributed by atoms with van der Waals surface area (Å²) >= 11 is 0. The molecule has 24 heavy (non-hydrogen) atoms. The van der Waals surface area contributed by atoms with Gasteiger partial charge < -0.3 is 0 Å². The zero-order valence-corrected chi connectivity index (χ0v) is 15.2. The molecule has 5 nitrogen and oxygen atoms in total. The van der Waals surface area contributed by atoms with Gasteiger partial charge >= 0.3 is 0 Å². The highest BCUT2D eigenvalue weighted by Gasteiger charge is 2.33. The summed E-state index contributed by atoms with van der Waals surface area (Å²) in [6.45, 7) is 2.19. The van der Waals surface area contributed by atoms with E-state index in [-0.39, 0.29) is 12.2 Å². The predicted molar refractivity (Wildman–Crippen MR) is 94.1 cm³/mol. The lowest BCUT2D eigenvalue weighted by molar-refractivity contribution is -0.128. The topological polar surface area (TPSA) is 88.5 Å². The second-order valence-corrected chi connectivity index (χ2v) is 7.67. The number of ketones is 2. The Kier molecular flexibility index (Phi) is 9.14. The van der Waals surface area contributed by atoms with Gasteiger partial charge in [-0.1, -0.05) is 70.4 Å². The molecule has 1 aliphatic rings.